The average Bonchev–Trinajstić information content (AvgIpc) is 2.51. The van der Waals surface area contributed by atoms with Crippen LogP contribution in [0.3, 0.4) is 0 Å². The minimum absolute atomic E-state index is 0.227. The molecule has 0 amide bonds. The van der Waals surface area contributed by atoms with Crippen LogP contribution in [0.5, 0.6) is 0 Å². The van der Waals surface area contributed by atoms with Gasteiger partial charge in [0.1, 0.15) is 5.78 Å². The lowest BCUT2D eigenvalue weighted by Crippen LogP contribution is -2.51. The molecule has 0 radical (unpaired) electrons. The van der Waals surface area contributed by atoms with Crippen LogP contribution in [0.1, 0.15) is 75.2 Å². The quantitative estimate of drug-likeness (QED) is 0.350. The van der Waals surface area contributed by atoms with E-state index in [1.165, 1.54) is 0 Å². The summed E-state index contributed by atoms with van der Waals surface area (Å²) in [6.45, 7) is 21.9. The smallest absolute Gasteiger partial charge is 0.200 e. The van der Waals surface area contributed by atoms with Gasteiger partial charge in [-0.2, -0.15) is 0 Å². The van der Waals surface area contributed by atoms with Crippen molar-refractivity contribution in [3.63, 3.8) is 0 Å². The summed E-state index contributed by atoms with van der Waals surface area (Å²) in [6.07, 6.45) is 6.28. The maximum Gasteiger partial charge on any atom is 0.200 e. The number of allylic oxidation sites excluding steroid dienone is 2. The van der Waals surface area contributed by atoms with Crippen molar-refractivity contribution < 1.29 is 9.22 Å². The van der Waals surface area contributed by atoms with Crippen molar-refractivity contribution in [1.29, 1.82) is 0 Å². The number of Topliss-reactive ketones (excluding diaryl/α,β-unsaturated/α-hetero) is 1. The number of carbonyl (C=O) groups is 1. The van der Waals surface area contributed by atoms with E-state index in [4.69, 9.17) is 4.43 Å². The number of fused-ring (bicyclic) bond motifs is 2. The Morgan fingerprint density at radius 3 is 2.00 bits per heavy atom. The fraction of sp³-hybridized carbons (Fsp3) is 0.870. The second kappa shape index (κ2) is 7.91. The Bertz CT molecular complexity index is 513. The molecule has 2 bridgehead atoms. The first kappa shape index (κ1) is 21.9. The molecule has 0 aliphatic heterocycles. The van der Waals surface area contributed by atoms with Crippen molar-refractivity contribution >= 4 is 14.1 Å². The molecule has 1 fully saturated rings. The van der Waals surface area contributed by atoms with Crippen LogP contribution in [0.4, 0.5) is 0 Å². The first-order chi connectivity index (χ1) is 12.0. The van der Waals surface area contributed by atoms with Gasteiger partial charge in [-0.1, -0.05) is 67.5 Å². The lowest BCUT2D eigenvalue weighted by atomic mass is 9.56. The number of ketones is 1. The summed E-state index contributed by atoms with van der Waals surface area (Å²) in [5.41, 5.74) is 1.64. The van der Waals surface area contributed by atoms with E-state index in [2.05, 4.69) is 74.5 Å². The highest BCUT2D eigenvalue weighted by molar-refractivity contribution is 6.77. The van der Waals surface area contributed by atoms with Crippen LogP contribution in [0.25, 0.3) is 0 Å². The van der Waals surface area contributed by atoms with Crippen LogP contribution < -0.4 is 0 Å². The van der Waals surface area contributed by atoms with Crippen molar-refractivity contribution in [2.75, 3.05) is 6.61 Å². The van der Waals surface area contributed by atoms with Crippen LogP contribution in [0, 0.1) is 29.1 Å². The largest absolute Gasteiger partial charge is 0.416 e. The van der Waals surface area contributed by atoms with Gasteiger partial charge in [0, 0.05) is 18.4 Å². The summed E-state index contributed by atoms with van der Waals surface area (Å²) in [5, 5.41) is 0. The molecular formula is C23H42O2Si. The van der Waals surface area contributed by atoms with Gasteiger partial charge in [0.25, 0.3) is 0 Å². The molecule has 3 aliphatic carbocycles. The molecule has 4 atom stereocenters. The van der Waals surface area contributed by atoms with Gasteiger partial charge in [0.15, 0.2) is 8.32 Å². The molecule has 3 heteroatoms. The minimum atomic E-state index is -1.84. The first-order valence-electron chi connectivity index (χ1n) is 10.8. The fourth-order valence-electron chi connectivity index (χ4n) is 6.08. The number of carbonyl (C=O) groups excluding carboxylic acids is 1. The van der Waals surface area contributed by atoms with Gasteiger partial charge in [-0.15, -0.1) is 0 Å². The Hall–Kier alpha value is -0.413. The van der Waals surface area contributed by atoms with Gasteiger partial charge >= 0.3 is 0 Å². The van der Waals surface area contributed by atoms with E-state index >= 15 is 0 Å². The standard InChI is InChI=1S/C23H42O2Si/c1-15(2)21(14-25-26(16(3)4,17(5)6)18(7)8)20-13-23(9)11-10-19(20)12-22(23)24/h10-11,15-21H,12-14H2,1-9H3. The average molecular weight is 379 g/mol. The van der Waals surface area contributed by atoms with E-state index in [-0.39, 0.29) is 5.41 Å². The molecule has 0 N–H and O–H groups in total. The zero-order valence-electron chi connectivity index (χ0n) is 18.6. The Morgan fingerprint density at radius 1 is 1.08 bits per heavy atom. The Kier molecular flexibility index (Phi) is 6.66. The van der Waals surface area contributed by atoms with Gasteiger partial charge < -0.3 is 4.43 Å². The summed E-state index contributed by atoms with van der Waals surface area (Å²) in [7, 11) is -1.84. The van der Waals surface area contributed by atoms with Crippen LogP contribution >= 0.6 is 0 Å². The maximum atomic E-state index is 12.4. The molecule has 3 rings (SSSR count). The van der Waals surface area contributed by atoms with E-state index in [9.17, 15) is 4.79 Å². The highest BCUT2D eigenvalue weighted by Gasteiger charge is 2.50. The third-order valence-corrected chi connectivity index (χ3v) is 13.7. The van der Waals surface area contributed by atoms with Gasteiger partial charge in [0.2, 0.25) is 0 Å². The van der Waals surface area contributed by atoms with Crippen LogP contribution in [0.15, 0.2) is 12.2 Å². The van der Waals surface area contributed by atoms with Crippen molar-refractivity contribution in [3.8, 4) is 0 Å². The number of hydrogen-bond acceptors (Lipinski definition) is 2. The molecule has 0 heterocycles. The predicted octanol–water partition coefficient (Wildman–Crippen LogP) is 6.62. The summed E-state index contributed by atoms with van der Waals surface area (Å²) < 4.78 is 6.99. The molecule has 0 aromatic rings. The second-order valence-electron chi connectivity index (χ2n) is 10.5. The monoisotopic (exact) mass is 378 g/mol. The topological polar surface area (TPSA) is 26.3 Å². The van der Waals surface area contributed by atoms with Crippen molar-refractivity contribution in [2.45, 2.75) is 91.8 Å². The van der Waals surface area contributed by atoms with Crippen molar-refractivity contribution in [3.05, 3.63) is 12.2 Å². The molecular weight excluding hydrogens is 336 g/mol. The molecule has 26 heavy (non-hydrogen) atoms. The molecule has 1 saturated carbocycles. The van der Waals surface area contributed by atoms with Crippen LogP contribution in [-0.4, -0.2) is 20.7 Å². The van der Waals surface area contributed by atoms with Crippen LogP contribution in [-0.2, 0) is 9.22 Å². The van der Waals surface area contributed by atoms with E-state index in [0.29, 0.717) is 46.1 Å². The maximum absolute atomic E-state index is 12.4. The van der Waals surface area contributed by atoms with E-state index in [1.807, 2.05) is 0 Å². The molecule has 0 saturated heterocycles. The van der Waals surface area contributed by atoms with Crippen LogP contribution in [0.2, 0.25) is 16.6 Å². The SMILES string of the molecule is CC(C)C(CO[Si](C(C)C)(C(C)C)C(C)C)C1CC2(C)C=CC1CC2=O. The highest BCUT2D eigenvalue weighted by Crippen LogP contribution is 2.51. The number of hydrogen-bond donors (Lipinski definition) is 0. The third-order valence-electron chi connectivity index (χ3n) is 7.62. The van der Waals surface area contributed by atoms with Crippen molar-refractivity contribution in [1.82, 2.24) is 0 Å². The zero-order chi connectivity index (χ0) is 19.9. The molecule has 3 aliphatic rings. The van der Waals surface area contributed by atoms with Gasteiger partial charge in [-0.25, -0.2) is 0 Å². The summed E-state index contributed by atoms with van der Waals surface area (Å²) >= 11 is 0. The highest BCUT2D eigenvalue weighted by atomic mass is 28.4. The second-order valence-corrected chi connectivity index (χ2v) is 15.9. The van der Waals surface area contributed by atoms with Crippen molar-refractivity contribution in [2.24, 2.45) is 29.1 Å². The van der Waals surface area contributed by atoms with E-state index in [0.717, 1.165) is 19.4 Å². The van der Waals surface area contributed by atoms with Gasteiger partial charge in [-0.3, -0.25) is 4.79 Å². The Balaban J connectivity index is 2.22. The third kappa shape index (κ3) is 3.76. The lowest BCUT2D eigenvalue weighted by molar-refractivity contribution is -0.133. The first-order valence-corrected chi connectivity index (χ1v) is 13.0. The molecule has 0 aromatic heterocycles. The molecule has 4 unspecified atom stereocenters. The summed E-state index contributed by atoms with van der Waals surface area (Å²) in [4.78, 5) is 12.4. The van der Waals surface area contributed by atoms with E-state index < -0.39 is 8.32 Å². The normalized spacial score (nSPS) is 30.3. The lowest BCUT2D eigenvalue weighted by Gasteiger charge is -2.49. The Labute approximate surface area is 163 Å². The predicted molar refractivity (Wildman–Crippen MR) is 114 cm³/mol. The Morgan fingerprint density at radius 2 is 1.62 bits per heavy atom. The van der Waals surface area contributed by atoms with E-state index in [1.54, 1.807) is 0 Å². The molecule has 0 aromatic carbocycles. The fourth-order valence-corrected chi connectivity index (χ4v) is 11.6. The van der Waals surface area contributed by atoms with Gasteiger partial charge in [0.05, 0.1) is 0 Å². The molecule has 0 spiro atoms. The summed E-state index contributed by atoms with van der Waals surface area (Å²) in [5.74, 6) is 2.58. The minimum Gasteiger partial charge on any atom is -0.416 e. The van der Waals surface area contributed by atoms with Gasteiger partial charge in [-0.05, 0) is 53.6 Å². The molecule has 2 nitrogen and oxygen atoms in total. The summed E-state index contributed by atoms with van der Waals surface area (Å²) in [6, 6.07) is 0. The zero-order valence-corrected chi connectivity index (χ0v) is 19.6. The number of rotatable bonds is 8. The molecule has 150 valence electrons.